The van der Waals surface area contributed by atoms with E-state index in [1.54, 1.807) is 12.1 Å². The first-order valence-corrected chi connectivity index (χ1v) is 8.93. The summed E-state index contributed by atoms with van der Waals surface area (Å²) < 4.78 is 15.7. The van der Waals surface area contributed by atoms with Crippen LogP contribution in [0.2, 0.25) is 0 Å². The van der Waals surface area contributed by atoms with Crippen LogP contribution in [0.1, 0.15) is 23.6 Å². The van der Waals surface area contributed by atoms with Gasteiger partial charge in [0.1, 0.15) is 0 Å². The van der Waals surface area contributed by atoms with Gasteiger partial charge in [-0.3, -0.25) is 4.79 Å². The molecule has 28 heavy (non-hydrogen) atoms. The van der Waals surface area contributed by atoms with E-state index in [2.05, 4.69) is 5.32 Å². The van der Waals surface area contributed by atoms with Crippen LogP contribution in [0.3, 0.4) is 0 Å². The number of rotatable bonds is 9. The fourth-order valence-electron chi connectivity index (χ4n) is 2.38. The molecule has 2 aromatic carbocycles. The van der Waals surface area contributed by atoms with Gasteiger partial charge in [-0.25, -0.2) is 4.79 Å². The molecule has 0 bridgehead atoms. The largest absolute Gasteiger partial charge is 0.493 e. The Morgan fingerprint density at radius 1 is 1.04 bits per heavy atom. The molecule has 0 saturated carbocycles. The van der Waals surface area contributed by atoms with Crippen LogP contribution < -0.4 is 14.8 Å². The number of hydrogen-bond donors (Lipinski definition) is 1. The lowest BCUT2D eigenvalue weighted by Crippen LogP contribution is -2.29. The Morgan fingerprint density at radius 3 is 2.46 bits per heavy atom. The minimum Gasteiger partial charge on any atom is -0.493 e. The molecule has 0 saturated heterocycles. The predicted octanol–water partition coefficient (Wildman–Crippen LogP) is 3.28. The zero-order valence-electron chi connectivity index (χ0n) is 16.4. The van der Waals surface area contributed by atoms with E-state index < -0.39 is 5.97 Å². The maximum absolute atomic E-state index is 11.8. The Hall–Kier alpha value is -3.28. The molecule has 0 aliphatic rings. The molecular formula is C22H25NO5. The summed E-state index contributed by atoms with van der Waals surface area (Å²) >= 11 is 0. The Balaban J connectivity index is 1.74. The molecule has 6 nitrogen and oxygen atoms in total. The van der Waals surface area contributed by atoms with Crippen LogP contribution in [-0.4, -0.2) is 32.2 Å². The van der Waals surface area contributed by atoms with Gasteiger partial charge in [0.15, 0.2) is 24.7 Å². The van der Waals surface area contributed by atoms with Crippen molar-refractivity contribution < 1.29 is 23.8 Å². The minimum absolute atomic E-state index is 0.315. The molecule has 0 radical (unpaired) electrons. The normalized spacial score (nSPS) is 10.5. The Labute approximate surface area is 165 Å². The second kappa shape index (κ2) is 10.8. The first kappa shape index (κ1) is 21.0. The average molecular weight is 383 g/mol. The van der Waals surface area contributed by atoms with Crippen molar-refractivity contribution >= 4 is 18.0 Å². The molecule has 0 aliphatic heterocycles. The molecule has 148 valence electrons. The number of esters is 1. The maximum Gasteiger partial charge on any atom is 0.344 e. The number of carbonyl (C=O) groups excluding carboxylic acids is 2. The molecule has 0 fully saturated rings. The SMILES string of the molecule is C/C=C/c1ccc(OCC(=O)OCC(=O)NCc2ccc(C)cc2)c(OC)c1. The standard InChI is InChI=1S/C22H25NO5/c1-4-5-17-10-11-19(20(12-17)26-3)27-15-22(25)28-14-21(24)23-13-18-8-6-16(2)7-9-18/h4-12H,13-15H2,1-3H3,(H,23,24)/b5-4+. The summed E-state index contributed by atoms with van der Waals surface area (Å²) in [5, 5.41) is 2.70. The zero-order chi connectivity index (χ0) is 20.4. The first-order valence-electron chi connectivity index (χ1n) is 8.93. The summed E-state index contributed by atoms with van der Waals surface area (Å²) in [6.45, 7) is 3.62. The number of aryl methyl sites for hydroxylation is 1. The summed E-state index contributed by atoms with van der Waals surface area (Å²) in [7, 11) is 1.53. The van der Waals surface area contributed by atoms with Crippen LogP contribution in [0.4, 0.5) is 0 Å². The van der Waals surface area contributed by atoms with Gasteiger partial charge in [0.2, 0.25) is 0 Å². The molecule has 0 atom stereocenters. The number of hydrogen-bond acceptors (Lipinski definition) is 5. The highest BCUT2D eigenvalue weighted by molar-refractivity contribution is 5.80. The average Bonchev–Trinajstić information content (AvgIpc) is 2.71. The molecule has 0 aromatic heterocycles. The number of carbonyl (C=O) groups is 2. The second-order valence-electron chi connectivity index (χ2n) is 6.12. The van der Waals surface area contributed by atoms with Crippen LogP contribution >= 0.6 is 0 Å². The van der Waals surface area contributed by atoms with E-state index >= 15 is 0 Å². The monoisotopic (exact) mass is 383 g/mol. The van der Waals surface area contributed by atoms with Gasteiger partial charge in [0, 0.05) is 6.54 Å². The summed E-state index contributed by atoms with van der Waals surface area (Å²) in [4.78, 5) is 23.6. The summed E-state index contributed by atoms with van der Waals surface area (Å²) in [5.41, 5.74) is 3.08. The van der Waals surface area contributed by atoms with E-state index in [4.69, 9.17) is 14.2 Å². The van der Waals surface area contributed by atoms with Crippen molar-refractivity contribution in [3.63, 3.8) is 0 Å². The molecule has 0 spiro atoms. The van der Waals surface area contributed by atoms with Crippen LogP contribution in [-0.2, 0) is 20.9 Å². The lowest BCUT2D eigenvalue weighted by atomic mass is 10.1. The van der Waals surface area contributed by atoms with E-state index in [1.807, 2.05) is 56.3 Å². The summed E-state index contributed by atoms with van der Waals surface area (Å²) in [6.07, 6.45) is 3.84. The third-order valence-corrected chi connectivity index (χ3v) is 3.87. The summed E-state index contributed by atoms with van der Waals surface area (Å²) in [6, 6.07) is 13.2. The number of benzene rings is 2. The van der Waals surface area contributed by atoms with Gasteiger partial charge in [-0.1, -0.05) is 48.0 Å². The van der Waals surface area contributed by atoms with Gasteiger partial charge in [-0.15, -0.1) is 0 Å². The maximum atomic E-state index is 11.8. The fourth-order valence-corrected chi connectivity index (χ4v) is 2.38. The van der Waals surface area contributed by atoms with E-state index in [0.29, 0.717) is 18.0 Å². The molecule has 2 aromatic rings. The van der Waals surface area contributed by atoms with Crippen LogP contribution in [0.15, 0.2) is 48.5 Å². The van der Waals surface area contributed by atoms with Crippen LogP contribution in [0, 0.1) is 6.92 Å². The number of nitrogens with one attached hydrogen (secondary N) is 1. The molecule has 1 amide bonds. The van der Waals surface area contributed by atoms with E-state index in [0.717, 1.165) is 16.7 Å². The highest BCUT2D eigenvalue weighted by Crippen LogP contribution is 2.28. The number of ether oxygens (including phenoxy) is 3. The predicted molar refractivity (Wildman–Crippen MR) is 107 cm³/mol. The highest BCUT2D eigenvalue weighted by atomic mass is 16.6. The van der Waals surface area contributed by atoms with Crippen molar-refractivity contribution in [2.45, 2.75) is 20.4 Å². The van der Waals surface area contributed by atoms with Gasteiger partial charge < -0.3 is 19.5 Å². The number of allylic oxidation sites excluding steroid dienone is 1. The van der Waals surface area contributed by atoms with Gasteiger partial charge in [-0.05, 0) is 37.1 Å². The van der Waals surface area contributed by atoms with Crippen molar-refractivity contribution in [3.05, 3.63) is 65.2 Å². The van der Waals surface area contributed by atoms with Crippen molar-refractivity contribution in [2.75, 3.05) is 20.3 Å². The van der Waals surface area contributed by atoms with Crippen molar-refractivity contribution in [3.8, 4) is 11.5 Å². The van der Waals surface area contributed by atoms with Crippen LogP contribution in [0.5, 0.6) is 11.5 Å². The summed E-state index contributed by atoms with van der Waals surface area (Å²) in [5.74, 6) is -0.0666. The van der Waals surface area contributed by atoms with Crippen molar-refractivity contribution in [2.24, 2.45) is 0 Å². The topological polar surface area (TPSA) is 73.9 Å². The molecule has 0 heterocycles. The molecule has 0 aliphatic carbocycles. The third kappa shape index (κ3) is 6.79. The highest BCUT2D eigenvalue weighted by Gasteiger charge is 2.11. The molecule has 6 heteroatoms. The number of amides is 1. The zero-order valence-corrected chi connectivity index (χ0v) is 16.4. The Kier molecular flexibility index (Phi) is 8.09. The molecule has 1 N–H and O–H groups in total. The molecular weight excluding hydrogens is 358 g/mol. The second-order valence-corrected chi connectivity index (χ2v) is 6.12. The number of methoxy groups -OCH3 is 1. The smallest absolute Gasteiger partial charge is 0.344 e. The van der Waals surface area contributed by atoms with Gasteiger partial charge >= 0.3 is 5.97 Å². The minimum atomic E-state index is -0.634. The quantitative estimate of drug-likeness (QED) is 0.673. The van der Waals surface area contributed by atoms with Gasteiger partial charge in [-0.2, -0.15) is 0 Å². The molecule has 2 rings (SSSR count). The van der Waals surface area contributed by atoms with Gasteiger partial charge in [0.05, 0.1) is 7.11 Å². The van der Waals surface area contributed by atoms with E-state index in [-0.39, 0.29) is 19.1 Å². The van der Waals surface area contributed by atoms with E-state index in [9.17, 15) is 9.59 Å². The van der Waals surface area contributed by atoms with E-state index in [1.165, 1.54) is 7.11 Å². The lowest BCUT2D eigenvalue weighted by Gasteiger charge is -2.11. The molecule has 0 unspecified atom stereocenters. The third-order valence-electron chi connectivity index (χ3n) is 3.87. The fraction of sp³-hybridized carbons (Fsp3) is 0.273. The lowest BCUT2D eigenvalue weighted by molar-refractivity contribution is -0.150. The van der Waals surface area contributed by atoms with Crippen LogP contribution in [0.25, 0.3) is 6.08 Å². The van der Waals surface area contributed by atoms with Crippen molar-refractivity contribution in [1.29, 1.82) is 0 Å². The first-order chi connectivity index (χ1) is 13.5. The van der Waals surface area contributed by atoms with Crippen molar-refractivity contribution in [1.82, 2.24) is 5.32 Å². The Morgan fingerprint density at radius 2 is 1.79 bits per heavy atom. The van der Waals surface area contributed by atoms with Gasteiger partial charge in [0.25, 0.3) is 5.91 Å². The Bertz CT molecular complexity index is 827.